The van der Waals surface area contributed by atoms with Gasteiger partial charge in [-0.2, -0.15) is 0 Å². The van der Waals surface area contributed by atoms with E-state index in [1.165, 1.54) is 10.6 Å². The van der Waals surface area contributed by atoms with Gasteiger partial charge in [-0.05, 0) is 29.6 Å². The van der Waals surface area contributed by atoms with Crippen LogP contribution in [0.2, 0.25) is 5.02 Å². The van der Waals surface area contributed by atoms with Crippen molar-refractivity contribution in [3.8, 4) is 0 Å². The zero-order chi connectivity index (χ0) is 13.9. The Bertz CT molecular complexity index is 590. The summed E-state index contributed by atoms with van der Waals surface area (Å²) in [4.78, 5) is 6.82. The van der Waals surface area contributed by atoms with E-state index in [1.54, 1.807) is 11.3 Å². The second-order valence-electron chi connectivity index (χ2n) is 4.74. The second kappa shape index (κ2) is 6.12. The molecule has 0 N–H and O–H groups in total. The van der Waals surface area contributed by atoms with Crippen molar-refractivity contribution in [2.45, 2.75) is 0 Å². The van der Waals surface area contributed by atoms with Crippen LogP contribution in [0.15, 0.2) is 41.8 Å². The maximum atomic E-state index is 6.05. The van der Waals surface area contributed by atoms with Gasteiger partial charge in [-0.15, -0.1) is 11.3 Å². The molecular formula is C15H15ClN2S2. The van der Waals surface area contributed by atoms with Gasteiger partial charge in [-0.25, -0.2) is 0 Å². The van der Waals surface area contributed by atoms with Crippen LogP contribution in [-0.2, 0) is 0 Å². The van der Waals surface area contributed by atoms with Crippen LogP contribution >= 0.6 is 35.2 Å². The Morgan fingerprint density at radius 1 is 1.10 bits per heavy atom. The van der Waals surface area contributed by atoms with E-state index >= 15 is 0 Å². The first-order valence-corrected chi connectivity index (χ1v) is 8.24. The minimum Gasteiger partial charge on any atom is -0.368 e. The number of benzene rings is 1. The number of thiocarbonyl (C=S) groups is 1. The first kappa shape index (κ1) is 13.9. The quantitative estimate of drug-likeness (QED) is 0.774. The summed E-state index contributed by atoms with van der Waals surface area (Å²) in [6.45, 7) is 3.88. The third-order valence-corrected chi connectivity index (χ3v) is 5.19. The molecule has 2 heterocycles. The minimum absolute atomic E-state index is 0.791. The van der Waals surface area contributed by atoms with Gasteiger partial charge in [0.15, 0.2) is 0 Å². The number of hydrogen-bond donors (Lipinski definition) is 0. The molecule has 0 atom stereocenters. The first-order valence-electron chi connectivity index (χ1n) is 6.57. The molecule has 104 valence electrons. The highest BCUT2D eigenvalue weighted by Gasteiger charge is 2.20. The Balaban J connectivity index is 1.64. The zero-order valence-corrected chi connectivity index (χ0v) is 13.3. The number of piperazine rings is 1. The molecule has 0 radical (unpaired) electrons. The molecule has 20 heavy (non-hydrogen) atoms. The van der Waals surface area contributed by atoms with Gasteiger partial charge in [0.05, 0.1) is 4.88 Å². The Morgan fingerprint density at radius 3 is 2.55 bits per heavy atom. The molecule has 5 heteroatoms. The number of halogens is 1. The predicted octanol–water partition coefficient (Wildman–Crippen LogP) is 3.90. The van der Waals surface area contributed by atoms with Crippen molar-refractivity contribution in [1.82, 2.24) is 4.90 Å². The van der Waals surface area contributed by atoms with Gasteiger partial charge in [0, 0.05) is 36.9 Å². The third kappa shape index (κ3) is 2.97. The fraction of sp³-hybridized carbons (Fsp3) is 0.267. The van der Waals surface area contributed by atoms with E-state index < -0.39 is 0 Å². The van der Waals surface area contributed by atoms with Gasteiger partial charge in [0.25, 0.3) is 0 Å². The van der Waals surface area contributed by atoms with Gasteiger partial charge >= 0.3 is 0 Å². The van der Waals surface area contributed by atoms with E-state index in [9.17, 15) is 0 Å². The molecule has 1 aromatic carbocycles. The van der Waals surface area contributed by atoms with Crippen LogP contribution in [0.5, 0.6) is 0 Å². The van der Waals surface area contributed by atoms with Gasteiger partial charge in [-0.1, -0.05) is 36.0 Å². The molecular weight excluding hydrogens is 308 g/mol. The van der Waals surface area contributed by atoms with Gasteiger partial charge in [0.2, 0.25) is 0 Å². The molecule has 2 nitrogen and oxygen atoms in total. The van der Waals surface area contributed by atoms with Crippen LogP contribution in [0.25, 0.3) is 0 Å². The van der Waals surface area contributed by atoms with E-state index in [1.807, 2.05) is 18.2 Å². The van der Waals surface area contributed by atoms with Gasteiger partial charge in [0.1, 0.15) is 4.99 Å². The molecule has 3 rings (SSSR count). The molecule has 1 aliphatic heterocycles. The normalized spacial score (nSPS) is 15.4. The maximum absolute atomic E-state index is 6.05. The zero-order valence-electron chi connectivity index (χ0n) is 11.0. The molecule has 0 bridgehead atoms. The van der Waals surface area contributed by atoms with Crippen molar-refractivity contribution < 1.29 is 0 Å². The number of thiophene rings is 1. The summed E-state index contributed by atoms with van der Waals surface area (Å²) in [5.41, 5.74) is 1.19. The highest BCUT2D eigenvalue weighted by Crippen LogP contribution is 2.22. The Kier molecular flexibility index (Phi) is 4.24. The summed E-state index contributed by atoms with van der Waals surface area (Å²) < 4.78 is 0. The number of anilines is 1. The van der Waals surface area contributed by atoms with Gasteiger partial charge < -0.3 is 9.80 Å². The van der Waals surface area contributed by atoms with Crippen molar-refractivity contribution in [2.75, 3.05) is 31.1 Å². The molecule has 0 unspecified atom stereocenters. The monoisotopic (exact) mass is 322 g/mol. The standard InChI is InChI=1S/C15H15ClN2S2/c16-12-3-1-4-13(11-12)17-6-8-18(9-7-17)15(19)14-5-2-10-20-14/h1-5,10-11H,6-9H2. The first-order chi connectivity index (χ1) is 9.74. The van der Waals surface area contributed by atoms with Crippen molar-refractivity contribution in [2.24, 2.45) is 0 Å². The number of nitrogens with zero attached hydrogens (tertiary/aromatic N) is 2. The van der Waals surface area contributed by atoms with Crippen LogP contribution in [0.4, 0.5) is 5.69 Å². The average Bonchev–Trinajstić information content (AvgIpc) is 3.01. The van der Waals surface area contributed by atoms with Crippen LogP contribution in [-0.4, -0.2) is 36.1 Å². The van der Waals surface area contributed by atoms with E-state index in [2.05, 4.69) is 33.4 Å². The molecule has 0 saturated carbocycles. The van der Waals surface area contributed by atoms with E-state index in [4.69, 9.17) is 23.8 Å². The summed E-state index contributed by atoms with van der Waals surface area (Å²) >= 11 is 13.3. The fourth-order valence-corrected chi connectivity index (χ4v) is 3.67. The largest absolute Gasteiger partial charge is 0.368 e. The van der Waals surface area contributed by atoms with Crippen molar-refractivity contribution >= 4 is 45.8 Å². The second-order valence-corrected chi connectivity index (χ2v) is 6.51. The Labute approximate surface area is 133 Å². The molecule has 0 spiro atoms. The van der Waals surface area contributed by atoms with E-state index in [0.717, 1.165) is 36.2 Å². The fourth-order valence-electron chi connectivity index (χ4n) is 2.40. The molecule has 1 aliphatic rings. The molecule has 0 aliphatic carbocycles. The average molecular weight is 323 g/mol. The molecule has 1 saturated heterocycles. The maximum Gasteiger partial charge on any atom is 0.119 e. The number of hydrogen-bond acceptors (Lipinski definition) is 3. The van der Waals surface area contributed by atoms with Crippen LogP contribution in [0.3, 0.4) is 0 Å². The van der Waals surface area contributed by atoms with Crippen molar-refractivity contribution in [3.63, 3.8) is 0 Å². The topological polar surface area (TPSA) is 6.48 Å². The lowest BCUT2D eigenvalue weighted by atomic mass is 10.2. The van der Waals surface area contributed by atoms with Crippen molar-refractivity contribution in [3.05, 3.63) is 51.7 Å². The Hall–Kier alpha value is -1.10. The summed E-state index contributed by atoms with van der Waals surface area (Å²) in [7, 11) is 0. The molecule has 0 amide bonds. The Morgan fingerprint density at radius 2 is 1.90 bits per heavy atom. The minimum atomic E-state index is 0.791. The molecule has 1 aromatic heterocycles. The third-order valence-electron chi connectivity index (χ3n) is 3.47. The molecule has 1 fully saturated rings. The van der Waals surface area contributed by atoms with Crippen LogP contribution < -0.4 is 4.90 Å². The summed E-state index contributed by atoms with van der Waals surface area (Å²) in [5.74, 6) is 0. The molecule has 2 aromatic rings. The summed E-state index contributed by atoms with van der Waals surface area (Å²) in [6, 6.07) is 12.2. The lowest BCUT2D eigenvalue weighted by molar-refractivity contribution is 0.393. The lowest BCUT2D eigenvalue weighted by Crippen LogP contribution is -2.48. The predicted molar refractivity (Wildman–Crippen MR) is 91.3 cm³/mol. The summed E-state index contributed by atoms with van der Waals surface area (Å²) in [6.07, 6.45) is 0. The number of rotatable bonds is 2. The lowest BCUT2D eigenvalue weighted by Gasteiger charge is -2.37. The van der Waals surface area contributed by atoms with Crippen LogP contribution in [0, 0.1) is 0 Å². The SMILES string of the molecule is S=C(c1cccs1)N1CCN(c2cccc(Cl)c2)CC1. The highest BCUT2D eigenvalue weighted by molar-refractivity contribution is 7.81. The van der Waals surface area contributed by atoms with E-state index in [-0.39, 0.29) is 0 Å². The van der Waals surface area contributed by atoms with Crippen LogP contribution in [0.1, 0.15) is 4.88 Å². The highest BCUT2D eigenvalue weighted by atomic mass is 35.5. The van der Waals surface area contributed by atoms with Gasteiger partial charge in [-0.3, -0.25) is 0 Å². The summed E-state index contributed by atoms with van der Waals surface area (Å²) in [5, 5.41) is 2.86. The van der Waals surface area contributed by atoms with Crippen molar-refractivity contribution in [1.29, 1.82) is 0 Å². The van der Waals surface area contributed by atoms with E-state index in [0.29, 0.717) is 0 Å². The smallest absolute Gasteiger partial charge is 0.119 e.